The molecule has 3 rings (SSSR count). The van der Waals surface area contributed by atoms with Gasteiger partial charge in [-0.25, -0.2) is 13.1 Å². The molecule has 0 bridgehead atoms. The summed E-state index contributed by atoms with van der Waals surface area (Å²) in [6.45, 7) is 8.84. The summed E-state index contributed by atoms with van der Waals surface area (Å²) < 4.78 is 27.1. The molecular formula is C23H31ClN4O3S. The van der Waals surface area contributed by atoms with Crippen LogP contribution >= 0.6 is 11.6 Å². The lowest BCUT2D eigenvalue weighted by atomic mass is 10.1. The third-order valence-electron chi connectivity index (χ3n) is 5.65. The highest BCUT2D eigenvalue weighted by atomic mass is 35.5. The molecule has 1 aliphatic heterocycles. The number of rotatable bonds is 10. The molecule has 1 amide bonds. The Balaban J connectivity index is 1.46. The van der Waals surface area contributed by atoms with Crippen molar-refractivity contribution in [1.29, 1.82) is 0 Å². The van der Waals surface area contributed by atoms with Crippen LogP contribution in [0.5, 0.6) is 0 Å². The maximum Gasteiger partial charge on any atom is 0.240 e. The van der Waals surface area contributed by atoms with E-state index in [9.17, 15) is 13.2 Å². The zero-order valence-electron chi connectivity index (χ0n) is 18.4. The Morgan fingerprint density at radius 2 is 1.69 bits per heavy atom. The summed E-state index contributed by atoms with van der Waals surface area (Å²) in [5, 5.41) is 3.25. The van der Waals surface area contributed by atoms with Gasteiger partial charge in [0.2, 0.25) is 15.9 Å². The number of carbonyl (C=O) groups is 1. The number of nitrogens with zero attached hydrogens (tertiary/aromatic N) is 2. The molecule has 0 radical (unpaired) electrons. The fraction of sp³-hybridized carbons (Fsp3) is 0.435. The fourth-order valence-corrected chi connectivity index (χ4v) is 5.02. The minimum Gasteiger partial charge on any atom is -0.352 e. The molecular weight excluding hydrogens is 448 g/mol. The predicted octanol–water partition coefficient (Wildman–Crippen LogP) is 2.46. The van der Waals surface area contributed by atoms with Crippen molar-refractivity contribution in [2.24, 2.45) is 0 Å². The number of likely N-dealkylation sites (N-methyl/N-ethyl adjacent to an activating group) is 1. The number of sulfonamides is 1. The van der Waals surface area contributed by atoms with E-state index >= 15 is 0 Å². The molecule has 2 aromatic rings. The van der Waals surface area contributed by atoms with Crippen LogP contribution < -0.4 is 10.0 Å². The molecule has 1 saturated heterocycles. The predicted molar refractivity (Wildman–Crippen MR) is 127 cm³/mol. The van der Waals surface area contributed by atoms with Crippen molar-refractivity contribution >= 4 is 27.5 Å². The van der Waals surface area contributed by atoms with Crippen LogP contribution in [0.2, 0.25) is 5.02 Å². The second-order valence-corrected chi connectivity index (χ2v) is 10.1. The van der Waals surface area contributed by atoms with Gasteiger partial charge in [-0.3, -0.25) is 9.69 Å². The molecule has 0 spiro atoms. The minimum atomic E-state index is -3.70. The van der Waals surface area contributed by atoms with Crippen LogP contribution in [0.4, 0.5) is 0 Å². The summed E-state index contributed by atoms with van der Waals surface area (Å²) in [5.41, 5.74) is 2.29. The van der Waals surface area contributed by atoms with Crippen molar-refractivity contribution in [2.75, 3.05) is 39.3 Å². The number of hydrogen-bond donors (Lipinski definition) is 2. The molecule has 2 aromatic carbocycles. The Morgan fingerprint density at radius 1 is 1.00 bits per heavy atom. The average molecular weight is 479 g/mol. The van der Waals surface area contributed by atoms with E-state index < -0.39 is 10.0 Å². The quantitative estimate of drug-likeness (QED) is 0.548. The molecule has 0 aromatic heterocycles. The highest BCUT2D eigenvalue weighted by Gasteiger charge is 2.17. The lowest BCUT2D eigenvalue weighted by Crippen LogP contribution is -2.45. The van der Waals surface area contributed by atoms with Crippen LogP contribution in [-0.4, -0.2) is 63.4 Å². The summed E-state index contributed by atoms with van der Waals surface area (Å²) in [7, 11) is -3.70. The highest BCUT2D eigenvalue weighted by molar-refractivity contribution is 7.89. The first-order chi connectivity index (χ1) is 15.4. The zero-order valence-corrected chi connectivity index (χ0v) is 20.0. The van der Waals surface area contributed by atoms with Gasteiger partial charge < -0.3 is 10.2 Å². The SMILES string of the molecule is CCN1CCN(Cc2ccccc2CNC(=O)CCNS(=O)(=O)c2cccc(Cl)c2)CC1. The second-order valence-electron chi connectivity index (χ2n) is 7.86. The Morgan fingerprint density at radius 3 is 2.38 bits per heavy atom. The van der Waals surface area contributed by atoms with E-state index in [0.29, 0.717) is 11.6 Å². The zero-order chi connectivity index (χ0) is 23.0. The normalized spacial score (nSPS) is 15.6. The summed E-state index contributed by atoms with van der Waals surface area (Å²) >= 11 is 5.86. The molecule has 1 fully saturated rings. The largest absolute Gasteiger partial charge is 0.352 e. The van der Waals surface area contributed by atoms with Gasteiger partial charge in [0.1, 0.15) is 0 Å². The summed E-state index contributed by atoms with van der Waals surface area (Å²) in [4.78, 5) is 17.3. The molecule has 1 heterocycles. The monoisotopic (exact) mass is 478 g/mol. The third kappa shape index (κ3) is 7.28. The number of amides is 1. The van der Waals surface area contributed by atoms with Crippen LogP contribution in [0.15, 0.2) is 53.4 Å². The van der Waals surface area contributed by atoms with Crippen molar-refractivity contribution in [3.63, 3.8) is 0 Å². The van der Waals surface area contributed by atoms with E-state index in [2.05, 4.69) is 32.8 Å². The fourth-order valence-electron chi connectivity index (χ4n) is 3.69. The van der Waals surface area contributed by atoms with Gasteiger partial charge in [-0.15, -0.1) is 0 Å². The Hall–Kier alpha value is -1.97. The molecule has 32 heavy (non-hydrogen) atoms. The Labute approximate surface area is 195 Å². The molecule has 7 nitrogen and oxygen atoms in total. The molecule has 1 aliphatic rings. The lowest BCUT2D eigenvalue weighted by molar-refractivity contribution is -0.121. The van der Waals surface area contributed by atoms with Crippen molar-refractivity contribution in [1.82, 2.24) is 19.8 Å². The van der Waals surface area contributed by atoms with Crippen LogP contribution in [0.1, 0.15) is 24.5 Å². The van der Waals surface area contributed by atoms with Crippen LogP contribution in [0.3, 0.4) is 0 Å². The maximum absolute atomic E-state index is 12.3. The van der Waals surface area contributed by atoms with Crippen LogP contribution in [0, 0.1) is 0 Å². The number of piperazine rings is 1. The number of hydrogen-bond acceptors (Lipinski definition) is 5. The number of nitrogens with one attached hydrogen (secondary N) is 2. The van der Waals surface area contributed by atoms with Gasteiger partial charge >= 0.3 is 0 Å². The van der Waals surface area contributed by atoms with Crippen molar-refractivity contribution in [3.8, 4) is 0 Å². The van der Waals surface area contributed by atoms with Gasteiger partial charge in [0, 0.05) is 57.3 Å². The minimum absolute atomic E-state index is 0.0179. The standard InChI is InChI=1S/C23H31ClN4O3S/c1-2-27-12-14-28(15-13-27)18-20-7-4-3-6-19(20)17-25-23(29)10-11-26-32(30,31)22-9-5-8-21(24)16-22/h3-9,16,26H,2,10-15,17-18H2,1H3,(H,25,29). The molecule has 174 valence electrons. The highest BCUT2D eigenvalue weighted by Crippen LogP contribution is 2.15. The van der Waals surface area contributed by atoms with E-state index in [1.165, 1.54) is 17.7 Å². The van der Waals surface area contributed by atoms with Gasteiger partial charge in [-0.2, -0.15) is 0 Å². The first-order valence-electron chi connectivity index (χ1n) is 10.9. The van der Waals surface area contributed by atoms with E-state index in [1.807, 2.05) is 18.2 Å². The third-order valence-corrected chi connectivity index (χ3v) is 7.34. The number of carbonyl (C=O) groups excluding carboxylic acids is 1. The lowest BCUT2D eigenvalue weighted by Gasteiger charge is -2.34. The van der Waals surface area contributed by atoms with Gasteiger partial charge in [-0.1, -0.05) is 48.9 Å². The van der Waals surface area contributed by atoms with E-state index in [1.54, 1.807) is 12.1 Å². The first-order valence-corrected chi connectivity index (χ1v) is 12.8. The summed E-state index contributed by atoms with van der Waals surface area (Å²) in [6.07, 6.45) is 0.0565. The van der Waals surface area contributed by atoms with Crippen molar-refractivity contribution in [2.45, 2.75) is 31.3 Å². The Bertz CT molecular complexity index is 1010. The number of benzene rings is 2. The van der Waals surface area contributed by atoms with Gasteiger partial charge in [0.15, 0.2) is 0 Å². The molecule has 0 atom stereocenters. The molecule has 2 N–H and O–H groups in total. The number of halogens is 1. The summed E-state index contributed by atoms with van der Waals surface area (Å²) in [6, 6.07) is 14.2. The van der Waals surface area contributed by atoms with E-state index in [0.717, 1.165) is 44.8 Å². The smallest absolute Gasteiger partial charge is 0.240 e. The second kappa shape index (κ2) is 11.8. The van der Waals surface area contributed by atoms with Gasteiger partial charge in [0.25, 0.3) is 0 Å². The molecule has 9 heteroatoms. The van der Waals surface area contributed by atoms with E-state index in [4.69, 9.17) is 11.6 Å². The molecule has 0 saturated carbocycles. The maximum atomic E-state index is 12.3. The first kappa shape index (κ1) is 24.7. The van der Waals surface area contributed by atoms with Crippen molar-refractivity contribution in [3.05, 3.63) is 64.7 Å². The average Bonchev–Trinajstić information content (AvgIpc) is 2.79. The molecule has 0 aliphatic carbocycles. The van der Waals surface area contributed by atoms with E-state index in [-0.39, 0.29) is 23.8 Å². The van der Waals surface area contributed by atoms with Gasteiger partial charge in [0.05, 0.1) is 4.90 Å². The Kier molecular flexibility index (Phi) is 9.07. The van der Waals surface area contributed by atoms with Crippen LogP contribution in [0.25, 0.3) is 0 Å². The topological polar surface area (TPSA) is 81.8 Å². The molecule has 0 unspecified atom stereocenters. The van der Waals surface area contributed by atoms with Gasteiger partial charge in [-0.05, 0) is 35.9 Å². The van der Waals surface area contributed by atoms with Crippen LogP contribution in [-0.2, 0) is 27.9 Å². The van der Waals surface area contributed by atoms with Crippen molar-refractivity contribution < 1.29 is 13.2 Å². The summed E-state index contributed by atoms with van der Waals surface area (Å²) in [5.74, 6) is -0.204.